The van der Waals surface area contributed by atoms with Crippen molar-refractivity contribution >= 4 is 11.9 Å². The predicted molar refractivity (Wildman–Crippen MR) is 94.6 cm³/mol. The first-order chi connectivity index (χ1) is 12.3. The molecule has 2 aromatic rings. The Labute approximate surface area is 152 Å². The van der Waals surface area contributed by atoms with Crippen molar-refractivity contribution in [1.82, 2.24) is 15.0 Å². The number of amides is 1. The Bertz CT molecular complexity index is 780. The lowest BCUT2D eigenvalue weighted by Gasteiger charge is -2.24. The summed E-state index contributed by atoms with van der Waals surface area (Å²) in [6, 6.07) is 5.27. The van der Waals surface area contributed by atoms with Gasteiger partial charge in [0.25, 0.3) is 0 Å². The Kier molecular flexibility index (Phi) is 5.06. The number of carbonyl (C=O) groups is 2. The van der Waals surface area contributed by atoms with Gasteiger partial charge in [-0.2, -0.15) is 0 Å². The molecule has 1 aliphatic heterocycles. The Morgan fingerprint density at radius 2 is 2.04 bits per heavy atom. The molecule has 1 atom stereocenters. The molecule has 1 saturated heterocycles. The second kappa shape index (κ2) is 7.27. The zero-order valence-corrected chi connectivity index (χ0v) is 15.3. The molecule has 0 spiro atoms. The normalized spacial score (nSPS) is 17.3. The van der Waals surface area contributed by atoms with Crippen molar-refractivity contribution in [2.75, 3.05) is 13.1 Å². The highest BCUT2D eigenvalue weighted by molar-refractivity contribution is 5.94. The molecule has 0 N–H and O–H groups in total. The average molecular weight is 357 g/mol. The van der Waals surface area contributed by atoms with Crippen molar-refractivity contribution in [2.24, 2.45) is 5.92 Å². The Morgan fingerprint density at radius 1 is 1.31 bits per heavy atom. The van der Waals surface area contributed by atoms with Gasteiger partial charge in [0.2, 0.25) is 11.5 Å². The Morgan fingerprint density at radius 3 is 2.73 bits per heavy atom. The molecule has 3 heterocycles. The summed E-state index contributed by atoms with van der Waals surface area (Å²) in [5.74, 6) is 0.242. The zero-order chi connectivity index (χ0) is 18.7. The second-order valence-electron chi connectivity index (χ2n) is 7.52. The van der Waals surface area contributed by atoms with Crippen molar-refractivity contribution in [3.63, 3.8) is 0 Å². The fraction of sp³-hybridized carbons (Fsp3) is 0.474. The number of Topliss-reactive ketones (excluding diaryl/α,β-unsaturated/α-hetero) is 1. The van der Waals surface area contributed by atoms with Crippen LogP contribution in [0.2, 0.25) is 0 Å². The van der Waals surface area contributed by atoms with Gasteiger partial charge in [-0.25, -0.2) is 4.79 Å². The van der Waals surface area contributed by atoms with E-state index in [1.807, 2.05) is 32.9 Å². The summed E-state index contributed by atoms with van der Waals surface area (Å²) >= 11 is 0. The van der Waals surface area contributed by atoms with Crippen LogP contribution < -0.4 is 0 Å². The number of rotatable bonds is 4. The largest absolute Gasteiger partial charge is 0.444 e. The fourth-order valence-electron chi connectivity index (χ4n) is 2.92. The van der Waals surface area contributed by atoms with Gasteiger partial charge in [0.1, 0.15) is 11.3 Å². The number of carbonyl (C=O) groups excluding carboxylic acids is 2. The number of pyridine rings is 1. The minimum Gasteiger partial charge on any atom is -0.444 e. The SMILES string of the molecule is CC(C)(C)OC(=O)N1CC[C@@H](CC(=O)c2cc(-c3ccncc3)no2)C1. The van der Waals surface area contributed by atoms with Gasteiger partial charge in [0.05, 0.1) is 0 Å². The first-order valence-electron chi connectivity index (χ1n) is 8.70. The van der Waals surface area contributed by atoms with Crippen LogP contribution in [-0.2, 0) is 4.74 Å². The van der Waals surface area contributed by atoms with Crippen LogP contribution in [0.3, 0.4) is 0 Å². The van der Waals surface area contributed by atoms with E-state index in [9.17, 15) is 9.59 Å². The summed E-state index contributed by atoms with van der Waals surface area (Å²) in [6.07, 6.45) is 4.10. The molecule has 2 aromatic heterocycles. The summed E-state index contributed by atoms with van der Waals surface area (Å²) in [4.78, 5) is 30.2. The maximum Gasteiger partial charge on any atom is 0.410 e. The van der Waals surface area contributed by atoms with Crippen LogP contribution in [0.5, 0.6) is 0 Å². The Hall–Kier alpha value is -2.70. The number of nitrogens with zero attached hydrogens (tertiary/aromatic N) is 3. The van der Waals surface area contributed by atoms with Crippen LogP contribution in [0.1, 0.15) is 44.2 Å². The summed E-state index contributed by atoms with van der Waals surface area (Å²) in [5, 5.41) is 3.96. The molecule has 0 aliphatic carbocycles. The lowest BCUT2D eigenvalue weighted by atomic mass is 10.0. The van der Waals surface area contributed by atoms with Crippen LogP contribution in [-0.4, -0.2) is 45.6 Å². The topological polar surface area (TPSA) is 85.5 Å². The van der Waals surface area contributed by atoms with Crippen LogP contribution in [0.25, 0.3) is 11.3 Å². The van der Waals surface area contributed by atoms with Gasteiger partial charge < -0.3 is 14.2 Å². The number of ether oxygens (including phenoxy) is 1. The molecular formula is C19H23N3O4. The van der Waals surface area contributed by atoms with Crippen LogP contribution in [0, 0.1) is 5.92 Å². The quantitative estimate of drug-likeness (QED) is 0.778. The maximum absolute atomic E-state index is 12.5. The minimum absolute atomic E-state index is 0.101. The number of hydrogen-bond donors (Lipinski definition) is 0. The number of hydrogen-bond acceptors (Lipinski definition) is 6. The molecule has 1 fully saturated rings. The number of likely N-dealkylation sites (tertiary alicyclic amines) is 1. The monoisotopic (exact) mass is 357 g/mol. The molecule has 0 saturated carbocycles. The van der Waals surface area contributed by atoms with E-state index in [1.54, 1.807) is 23.4 Å². The van der Waals surface area contributed by atoms with Crippen molar-refractivity contribution in [3.8, 4) is 11.3 Å². The van der Waals surface area contributed by atoms with E-state index in [0.717, 1.165) is 12.0 Å². The maximum atomic E-state index is 12.5. The van der Waals surface area contributed by atoms with E-state index >= 15 is 0 Å². The van der Waals surface area contributed by atoms with Crippen molar-refractivity contribution in [3.05, 3.63) is 36.4 Å². The van der Waals surface area contributed by atoms with Gasteiger partial charge in [-0.1, -0.05) is 5.16 Å². The van der Waals surface area contributed by atoms with Gasteiger partial charge in [0.15, 0.2) is 0 Å². The van der Waals surface area contributed by atoms with Gasteiger partial charge in [-0.15, -0.1) is 0 Å². The van der Waals surface area contributed by atoms with Crippen molar-refractivity contribution in [2.45, 2.75) is 39.2 Å². The van der Waals surface area contributed by atoms with Gasteiger partial charge >= 0.3 is 6.09 Å². The minimum atomic E-state index is -0.520. The highest BCUT2D eigenvalue weighted by atomic mass is 16.6. The van der Waals surface area contributed by atoms with E-state index < -0.39 is 5.60 Å². The third kappa shape index (κ3) is 4.47. The van der Waals surface area contributed by atoms with Gasteiger partial charge in [-0.3, -0.25) is 9.78 Å². The molecule has 3 rings (SSSR count). The lowest BCUT2D eigenvalue weighted by molar-refractivity contribution is 0.0286. The summed E-state index contributed by atoms with van der Waals surface area (Å²) in [5.41, 5.74) is 0.936. The zero-order valence-electron chi connectivity index (χ0n) is 15.3. The number of aromatic nitrogens is 2. The molecule has 26 heavy (non-hydrogen) atoms. The molecule has 0 radical (unpaired) electrons. The molecule has 7 nitrogen and oxygen atoms in total. The van der Waals surface area contributed by atoms with E-state index in [2.05, 4.69) is 10.1 Å². The Balaban J connectivity index is 1.56. The highest BCUT2D eigenvalue weighted by Gasteiger charge is 2.31. The lowest BCUT2D eigenvalue weighted by Crippen LogP contribution is -2.35. The predicted octanol–water partition coefficient (Wildman–Crippen LogP) is 3.57. The molecule has 0 bridgehead atoms. The molecule has 7 heteroatoms. The molecule has 138 valence electrons. The molecular weight excluding hydrogens is 334 g/mol. The van der Waals surface area contributed by atoms with Gasteiger partial charge in [-0.05, 0) is 45.2 Å². The van der Waals surface area contributed by atoms with Crippen molar-refractivity contribution in [1.29, 1.82) is 0 Å². The van der Waals surface area contributed by atoms with E-state index in [-0.39, 0.29) is 23.6 Å². The van der Waals surface area contributed by atoms with Crippen LogP contribution >= 0.6 is 0 Å². The van der Waals surface area contributed by atoms with Gasteiger partial charge in [0, 0.05) is 43.5 Å². The third-order valence-corrected chi connectivity index (χ3v) is 4.17. The molecule has 0 aromatic carbocycles. The highest BCUT2D eigenvalue weighted by Crippen LogP contribution is 2.25. The third-order valence-electron chi connectivity index (χ3n) is 4.17. The average Bonchev–Trinajstić information content (AvgIpc) is 3.23. The van der Waals surface area contributed by atoms with Crippen molar-refractivity contribution < 1.29 is 18.8 Å². The molecule has 0 unspecified atom stereocenters. The molecule has 1 amide bonds. The summed E-state index contributed by atoms with van der Waals surface area (Å²) in [7, 11) is 0. The van der Waals surface area contributed by atoms with E-state index in [4.69, 9.17) is 9.26 Å². The van der Waals surface area contributed by atoms with Crippen LogP contribution in [0.15, 0.2) is 35.1 Å². The van der Waals surface area contributed by atoms with E-state index in [0.29, 0.717) is 25.2 Å². The smallest absolute Gasteiger partial charge is 0.410 e. The number of ketones is 1. The van der Waals surface area contributed by atoms with E-state index in [1.165, 1.54) is 0 Å². The fourth-order valence-corrected chi connectivity index (χ4v) is 2.92. The summed E-state index contributed by atoms with van der Waals surface area (Å²) < 4.78 is 10.6. The summed E-state index contributed by atoms with van der Waals surface area (Å²) in [6.45, 7) is 6.64. The first kappa shape index (κ1) is 18.1. The second-order valence-corrected chi connectivity index (χ2v) is 7.52. The first-order valence-corrected chi connectivity index (χ1v) is 8.70. The van der Waals surface area contributed by atoms with Crippen LogP contribution in [0.4, 0.5) is 4.79 Å². The standard InChI is InChI=1S/C19H23N3O4/c1-19(2,3)25-18(24)22-9-6-13(12-22)10-16(23)17-11-15(21-26-17)14-4-7-20-8-5-14/h4-5,7-8,11,13H,6,9-10,12H2,1-3H3/t13-/m0/s1. The molecule has 1 aliphatic rings.